The average Bonchev–Trinajstić information content (AvgIpc) is 2.41. The Labute approximate surface area is 126 Å². The van der Waals surface area contributed by atoms with E-state index in [1.54, 1.807) is 6.07 Å². The molecule has 1 heterocycles. The van der Waals surface area contributed by atoms with Crippen molar-refractivity contribution < 1.29 is 9.90 Å². The van der Waals surface area contributed by atoms with E-state index in [0.29, 0.717) is 12.2 Å². The van der Waals surface area contributed by atoms with Gasteiger partial charge in [0.05, 0.1) is 11.6 Å². The Kier molecular flexibility index (Phi) is 4.54. The number of aryl methyl sites for hydroxylation is 1. The number of anilines is 2. The quantitative estimate of drug-likeness (QED) is 0.741. The molecule has 1 aliphatic rings. The number of nitrogens with zero attached hydrogens (tertiary/aromatic N) is 1. The van der Waals surface area contributed by atoms with Gasteiger partial charge in [-0.1, -0.05) is 6.07 Å². The Morgan fingerprint density at radius 2 is 2.24 bits per heavy atom. The van der Waals surface area contributed by atoms with Gasteiger partial charge < -0.3 is 16.2 Å². The first-order valence-electron chi connectivity index (χ1n) is 7.42. The third-order valence-electron chi connectivity index (χ3n) is 4.15. The molecule has 116 valence electrons. The first kappa shape index (κ1) is 15.8. The molecule has 1 aromatic rings. The van der Waals surface area contributed by atoms with Crippen molar-refractivity contribution >= 4 is 17.3 Å². The van der Waals surface area contributed by atoms with Crippen LogP contribution in [0.5, 0.6) is 0 Å². The predicted molar refractivity (Wildman–Crippen MR) is 85.1 cm³/mol. The number of carbonyl (C=O) groups is 1. The maximum absolute atomic E-state index is 12.4. The van der Waals surface area contributed by atoms with E-state index in [9.17, 15) is 9.90 Å². The van der Waals surface area contributed by atoms with Gasteiger partial charge >= 0.3 is 0 Å². The number of nitrogens with two attached hydrogens (primary N) is 1. The summed E-state index contributed by atoms with van der Waals surface area (Å²) >= 11 is 0. The largest absolute Gasteiger partial charge is 0.399 e. The van der Waals surface area contributed by atoms with Crippen LogP contribution in [-0.2, 0) is 4.79 Å². The van der Waals surface area contributed by atoms with Crippen molar-refractivity contribution in [1.29, 1.82) is 0 Å². The van der Waals surface area contributed by atoms with Gasteiger partial charge in [0.2, 0.25) is 5.91 Å². The number of rotatable bonds is 3. The number of hydrogen-bond acceptors (Lipinski definition) is 4. The Balaban J connectivity index is 2.04. The number of nitrogens with one attached hydrogen (secondary N) is 1. The summed E-state index contributed by atoms with van der Waals surface area (Å²) in [4.78, 5) is 14.4. The molecule has 1 aromatic carbocycles. The maximum Gasteiger partial charge on any atom is 0.241 e. The van der Waals surface area contributed by atoms with E-state index in [-0.39, 0.29) is 11.9 Å². The van der Waals surface area contributed by atoms with E-state index in [2.05, 4.69) is 5.32 Å². The molecule has 4 N–H and O–H groups in total. The van der Waals surface area contributed by atoms with Crippen LogP contribution >= 0.6 is 0 Å². The number of likely N-dealkylation sites (tertiary alicyclic amines) is 1. The molecule has 1 saturated heterocycles. The minimum Gasteiger partial charge on any atom is -0.399 e. The van der Waals surface area contributed by atoms with Crippen molar-refractivity contribution in [3.8, 4) is 0 Å². The van der Waals surface area contributed by atoms with Gasteiger partial charge in [0.1, 0.15) is 0 Å². The second-order valence-corrected chi connectivity index (χ2v) is 6.31. The van der Waals surface area contributed by atoms with Gasteiger partial charge in [-0.3, -0.25) is 9.69 Å². The summed E-state index contributed by atoms with van der Waals surface area (Å²) in [5.41, 5.74) is 7.41. The van der Waals surface area contributed by atoms with Crippen molar-refractivity contribution in [2.45, 2.75) is 45.3 Å². The van der Waals surface area contributed by atoms with E-state index < -0.39 is 5.60 Å². The van der Waals surface area contributed by atoms with Crippen LogP contribution in [0.4, 0.5) is 11.4 Å². The second-order valence-electron chi connectivity index (χ2n) is 6.31. The fourth-order valence-corrected chi connectivity index (χ4v) is 2.77. The molecule has 1 amide bonds. The van der Waals surface area contributed by atoms with Crippen LogP contribution in [0.25, 0.3) is 0 Å². The first-order valence-corrected chi connectivity index (χ1v) is 7.42. The molecular formula is C16H25N3O2. The molecule has 0 radical (unpaired) electrons. The smallest absolute Gasteiger partial charge is 0.241 e. The van der Waals surface area contributed by atoms with Crippen molar-refractivity contribution in [2.24, 2.45) is 0 Å². The van der Waals surface area contributed by atoms with E-state index in [0.717, 1.165) is 30.6 Å². The van der Waals surface area contributed by atoms with Crippen molar-refractivity contribution in [3.05, 3.63) is 23.8 Å². The maximum atomic E-state index is 12.4. The SMILES string of the molecule is Cc1ccc(N)cc1NC(=O)C(C)N1CCCC(C)(O)C1. The van der Waals surface area contributed by atoms with Crippen molar-refractivity contribution in [3.63, 3.8) is 0 Å². The molecule has 0 bridgehead atoms. The Hall–Kier alpha value is -1.59. The molecule has 1 aliphatic heterocycles. The highest BCUT2D eigenvalue weighted by Crippen LogP contribution is 2.23. The van der Waals surface area contributed by atoms with Gasteiger partial charge in [-0.15, -0.1) is 0 Å². The monoisotopic (exact) mass is 291 g/mol. The lowest BCUT2D eigenvalue weighted by atomic mass is 9.94. The molecule has 2 atom stereocenters. The number of amides is 1. The standard InChI is InChI=1S/C16H25N3O2/c1-11-5-6-13(17)9-14(11)18-15(20)12(2)19-8-4-7-16(3,21)10-19/h5-6,9,12,21H,4,7-8,10,17H2,1-3H3,(H,18,20). The third kappa shape index (κ3) is 3.95. The van der Waals surface area contributed by atoms with Gasteiger partial charge in [-0.2, -0.15) is 0 Å². The molecule has 1 fully saturated rings. The predicted octanol–water partition coefficient (Wildman–Crippen LogP) is 1.75. The van der Waals surface area contributed by atoms with Gasteiger partial charge in [0.15, 0.2) is 0 Å². The lowest BCUT2D eigenvalue weighted by molar-refractivity contribution is -0.123. The first-order chi connectivity index (χ1) is 9.78. The lowest BCUT2D eigenvalue weighted by Gasteiger charge is -2.39. The highest BCUT2D eigenvalue weighted by molar-refractivity contribution is 5.95. The van der Waals surface area contributed by atoms with E-state index in [4.69, 9.17) is 5.73 Å². The van der Waals surface area contributed by atoms with Crippen LogP contribution in [0.15, 0.2) is 18.2 Å². The molecule has 0 saturated carbocycles. The number of carbonyl (C=O) groups excluding carboxylic acids is 1. The Morgan fingerprint density at radius 1 is 1.52 bits per heavy atom. The fraction of sp³-hybridized carbons (Fsp3) is 0.562. The number of aliphatic hydroxyl groups is 1. The molecule has 0 aromatic heterocycles. The van der Waals surface area contributed by atoms with Crippen LogP contribution in [0.3, 0.4) is 0 Å². The van der Waals surface area contributed by atoms with Crippen LogP contribution in [0.1, 0.15) is 32.3 Å². The zero-order valence-corrected chi connectivity index (χ0v) is 13.0. The zero-order valence-electron chi connectivity index (χ0n) is 13.0. The number of nitrogen functional groups attached to an aromatic ring is 1. The van der Waals surface area contributed by atoms with Gasteiger partial charge in [0, 0.05) is 17.9 Å². The van der Waals surface area contributed by atoms with E-state index in [1.165, 1.54) is 0 Å². The number of benzene rings is 1. The summed E-state index contributed by atoms with van der Waals surface area (Å²) < 4.78 is 0. The van der Waals surface area contributed by atoms with Crippen molar-refractivity contribution in [1.82, 2.24) is 4.90 Å². The van der Waals surface area contributed by atoms with Gasteiger partial charge in [0.25, 0.3) is 0 Å². The highest BCUT2D eigenvalue weighted by Gasteiger charge is 2.33. The molecule has 0 aliphatic carbocycles. The van der Waals surface area contributed by atoms with Gasteiger partial charge in [-0.25, -0.2) is 0 Å². The van der Waals surface area contributed by atoms with Crippen molar-refractivity contribution in [2.75, 3.05) is 24.1 Å². The fourth-order valence-electron chi connectivity index (χ4n) is 2.77. The van der Waals surface area contributed by atoms with E-state index >= 15 is 0 Å². The molecular weight excluding hydrogens is 266 g/mol. The average molecular weight is 291 g/mol. The summed E-state index contributed by atoms with van der Waals surface area (Å²) in [6, 6.07) is 5.20. The van der Waals surface area contributed by atoms with Crippen LogP contribution in [-0.4, -0.2) is 40.6 Å². The summed E-state index contributed by atoms with van der Waals surface area (Å²) in [5.74, 6) is -0.0681. The minimum atomic E-state index is -0.708. The molecule has 21 heavy (non-hydrogen) atoms. The third-order valence-corrected chi connectivity index (χ3v) is 4.15. The molecule has 0 spiro atoms. The molecule has 2 rings (SSSR count). The second kappa shape index (κ2) is 6.03. The summed E-state index contributed by atoms with van der Waals surface area (Å²) in [6.45, 7) is 6.99. The number of piperidine rings is 1. The minimum absolute atomic E-state index is 0.0681. The van der Waals surface area contributed by atoms with Crippen LogP contribution in [0.2, 0.25) is 0 Å². The molecule has 5 heteroatoms. The Bertz CT molecular complexity index is 528. The highest BCUT2D eigenvalue weighted by atomic mass is 16.3. The Morgan fingerprint density at radius 3 is 2.90 bits per heavy atom. The summed E-state index contributed by atoms with van der Waals surface area (Å²) in [5, 5.41) is 13.1. The number of β-amino-alcohol motifs (C(OH)–C–C–N with tert-alkyl or cyclic N) is 1. The summed E-state index contributed by atoms with van der Waals surface area (Å²) in [7, 11) is 0. The van der Waals surface area contributed by atoms with Crippen LogP contribution < -0.4 is 11.1 Å². The topological polar surface area (TPSA) is 78.6 Å². The van der Waals surface area contributed by atoms with E-state index in [1.807, 2.05) is 37.8 Å². The molecule has 2 unspecified atom stereocenters. The summed E-state index contributed by atoms with van der Waals surface area (Å²) in [6.07, 6.45) is 1.69. The normalized spacial score (nSPS) is 24.6. The zero-order chi connectivity index (χ0) is 15.6. The van der Waals surface area contributed by atoms with Crippen LogP contribution in [0, 0.1) is 6.92 Å². The number of hydrogen-bond donors (Lipinski definition) is 3. The van der Waals surface area contributed by atoms with Gasteiger partial charge in [-0.05, 0) is 57.9 Å². The molecule has 5 nitrogen and oxygen atoms in total. The lowest BCUT2D eigenvalue weighted by Crippen LogP contribution is -2.52.